The molecule has 0 amide bonds. The standard InChI is InChI=1S/C12H19NO.C12H19N.2C11H17NO.3C11H17N.5C10H15N/c1-5-10-7-11(9(3)4)12(13-8-10)14-6-2;1-5-11-7-10(9(3)4)8-12(6-2)13-11;1-5-13-11-9(4)6-10(7-12-11)8(2)3;1-5-13-11-10(8(2)3)6-9(4)7-12-11;1-5-10-6-11(8(2)3)7-12-9(10)4;1-5-10-6-11(8(2)3)9(4)12-7-10;1-5-11-10(8(2)3)7-6-9(4)12-11;1-7(2)10-5-8(3)9(4)11-6-10;1-4-10-7-9(8(2)3)5-6-11-10;1-4-9-7-11-6-5-10(9)8(2)3;1-4-9-5-6-11-7-10(9)8(2)3;1-4-10-9(8(2)3)6-5-7-11-10/h7-9H,5-6H2,1-4H3;7-9H,5-6H2,1-4H3;2*6-8H,5H2,1-4H3;3*6-8H,5H2,1-4H3;5-7H,1-4H3;4*5-8H,4H2,1-3H3. The molecule has 12 aromatic heterocycles. The van der Waals surface area contributed by atoms with Gasteiger partial charge in [0.1, 0.15) is 0 Å². The van der Waals surface area contributed by atoms with Crippen LogP contribution in [0.3, 0.4) is 0 Å². The summed E-state index contributed by atoms with van der Waals surface area (Å²) in [6.45, 7) is 96.7. The molecule has 0 aliphatic rings. The first-order chi connectivity index (χ1) is 68.2. The second-order valence-electron chi connectivity index (χ2n) is 40.6. The minimum atomic E-state index is 0.467. The minimum Gasteiger partial charge on any atom is -0.478 e. The molecule has 0 aliphatic heterocycles. The van der Waals surface area contributed by atoms with Crippen LogP contribution in [0.4, 0.5) is 0 Å². The van der Waals surface area contributed by atoms with Crippen LogP contribution in [0, 0.1) is 48.5 Å². The third kappa shape index (κ3) is 49.4. The van der Waals surface area contributed by atoms with Crippen LogP contribution >= 0.6 is 0 Å². The van der Waals surface area contributed by atoms with Gasteiger partial charge in [-0.1, -0.05) is 266 Å². The van der Waals surface area contributed by atoms with E-state index in [1.54, 1.807) is 0 Å². The number of ether oxygens (including phenoxy) is 3. The Morgan fingerprint density at radius 3 is 1.08 bits per heavy atom. The number of aryl methyl sites for hydroxylation is 17. The topological polar surface area (TPSA) is 182 Å². The van der Waals surface area contributed by atoms with Crippen LogP contribution < -0.4 is 14.2 Å². The Labute approximate surface area is 879 Å². The Bertz CT molecular complexity index is 5360. The second kappa shape index (κ2) is 72.5. The molecule has 0 N–H and O–H groups in total. The Balaban J connectivity index is 0.000000786. The van der Waals surface area contributed by atoms with Gasteiger partial charge in [0.15, 0.2) is 0 Å². The number of aromatic nitrogens is 12. The number of pyridine rings is 12. The summed E-state index contributed by atoms with van der Waals surface area (Å²) in [6.07, 6.45) is 33.6. The molecule has 15 nitrogen and oxygen atoms in total. The highest BCUT2D eigenvalue weighted by atomic mass is 16.5. The summed E-state index contributed by atoms with van der Waals surface area (Å²) in [5.41, 5.74) is 37.2. The van der Waals surface area contributed by atoms with E-state index in [9.17, 15) is 0 Å². The summed E-state index contributed by atoms with van der Waals surface area (Å²) in [5.74, 6) is 9.18. The van der Waals surface area contributed by atoms with Gasteiger partial charge in [-0.05, 0) is 366 Å². The maximum Gasteiger partial charge on any atom is 0.216 e. The van der Waals surface area contributed by atoms with E-state index in [2.05, 4.69) is 414 Å². The number of rotatable bonds is 28. The SMILES string of the molecule is CCOc1ncc(C(C)C)cc1C.CCOc1ncc(C)cc1C(C)C.CCOc1ncc(CC)cc1C(C)C.CCc1cc(C(C)C)cc(CC)n1.CCc1cc(C(C)C)ccn1.CCc1cc(C(C)C)cnc1C.CCc1ccncc1C(C)C.CCc1cnc(C)c(C(C)C)c1.CCc1cnccc1C(C)C.CCc1nc(C)ccc1C(C)C.CCc1ncccc1C(C)C.Cc1cc(C(C)C)cnc1C. The van der Waals surface area contributed by atoms with E-state index in [1.807, 2.05) is 122 Å². The molecule has 0 spiro atoms. The quantitative estimate of drug-likeness (QED) is 0.0451. The van der Waals surface area contributed by atoms with Crippen LogP contribution in [0.15, 0.2) is 171 Å². The van der Waals surface area contributed by atoms with Crippen molar-refractivity contribution in [2.45, 2.75) is 440 Å². The molecule has 0 aromatic carbocycles. The molecule has 0 fully saturated rings. The van der Waals surface area contributed by atoms with E-state index in [0.717, 1.165) is 98.8 Å². The zero-order valence-corrected chi connectivity index (χ0v) is 98.9. The lowest BCUT2D eigenvalue weighted by Crippen LogP contribution is -2.01. The molecule has 0 saturated carbocycles. The lowest BCUT2D eigenvalue weighted by atomic mass is 9.98. The molecule has 0 saturated heterocycles. The molecule has 0 aliphatic carbocycles. The third-order valence-corrected chi connectivity index (χ3v) is 24.8. The van der Waals surface area contributed by atoms with Crippen LogP contribution in [0.2, 0.25) is 0 Å². The molecular weight excluding hydrogens is 1770 g/mol. The summed E-state index contributed by atoms with van der Waals surface area (Å²) in [7, 11) is 0. The maximum absolute atomic E-state index is 5.49. The molecule has 12 aromatic rings. The van der Waals surface area contributed by atoms with Crippen LogP contribution in [-0.4, -0.2) is 79.6 Å². The number of hydrogen-bond donors (Lipinski definition) is 0. The van der Waals surface area contributed by atoms with E-state index >= 15 is 0 Å². The Kier molecular flexibility index (Phi) is 66.0. The average Bonchev–Trinajstić information content (AvgIpc) is 0.807. The van der Waals surface area contributed by atoms with Crippen LogP contribution in [0.1, 0.15) is 490 Å². The highest BCUT2D eigenvalue weighted by molar-refractivity contribution is 5.37. The zero-order valence-electron chi connectivity index (χ0n) is 98.9. The van der Waals surface area contributed by atoms with Crippen molar-refractivity contribution >= 4 is 0 Å². The molecule has 0 bridgehead atoms. The largest absolute Gasteiger partial charge is 0.478 e. The molecule has 12 rings (SSSR count). The molecular formula is C129H198N12O3. The first-order valence-electron chi connectivity index (χ1n) is 54.5. The van der Waals surface area contributed by atoms with Crippen molar-refractivity contribution in [3.63, 3.8) is 0 Å². The Hall–Kier alpha value is -10.8. The van der Waals surface area contributed by atoms with E-state index in [0.29, 0.717) is 90.8 Å². The van der Waals surface area contributed by atoms with Crippen molar-refractivity contribution < 1.29 is 14.2 Å². The predicted molar refractivity (Wildman–Crippen MR) is 620 cm³/mol. The van der Waals surface area contributed by atoms with Gasteiger partial charge in [-0.2, -0.15) is 0 Å². The van der Waals surface area contributed by atoms with Crippen molar-refractivity contribution in [2.24, 2.45) is 0 Å². The van der Waals surface area contributed by atoms with E-state index in [-0.39, 0.29) is 0 Å². The first-order valence-corrected chi connectivity index (χ1v) is 54.5. The maximum atomic E-state index is 5.49. The van der Waals surface area contributed by atoms with Crippen LogP contribution in [0.5, 0.6) is 17.6 Å². The van der Waals surface area contributed by atoms with Gasteiger partial charge in [0, 0.05) is 142 Å². The van der Waals surface area contributed by atoms with Crippen molar-refractivity contribution in [1.82, 2.24) is 59.8 Å². The first kappa shape index (κ1) is 131. The van der Waals surface area contributed by atoms with Gasteiger partial charge in [0.25, 0.3) is 0 Å². The minimum absolute atomic E-state index is 0.467. The fourth-order valence-electron chi connectivity index (χ4n) is 15.1. The number of nitrogens with zero attached hydrogens (tertiary/aromatic N) is 12. The summed E-state index contributed by atoms with van der Waals surface area (Å²) < 4.78 is 16.3. The van der Waals surface area contributed by atoms with Gasteiger partial charge in [-0.3, -0.25) is 44.9 Å². The van der Waals surface area contributed by atoms with Gasteiger partial charge in [-0.25, -0.2) is 15.0 Å². The molecule has 0 unspecified atom stereocenters. The van der Waals surface area contributed by atoms with E-state index in [4.69, 9.17) is 14.2 Å². The van der Waals surface area contributed by atoms with Gasteiger partial charge < -0.3 is 14.2 Å². The fourth-order valence-corrected chi connectivity index (χ4v) is 15.1. The van der Waals surface area contributed by atoms with Crippen LogP contribution in [0.25, 0.3) is 0 Å². The van der Waals surface area contributed by atoms with E-state index in [1.165, 1.54) is 146 Å². The van der Waals surface area contributed by atoms with Gasteiger partial charge >= 0.3 is 0 Å². The van der Waals surface area contributed by atoms with Gasteiger partial charge in [-0.15, -0.1) is 0 Å². The van der Waals surface area contributed by atoms with Crippen molar-refractivity contribution in [3.8, 4) is 17.6 Å². The summed E-state index contributed by atoms with van der Waals surface area (Å²) >= 11 is 0. The van der Waals surface area contributed by atoms with Crippen LogP contribution in [-0.2, 0) is 64.2 Å². The Morgan fingerprint density at radius 1 is 0.229 bits per heavy atom. The smallest absolute Gasteiger partial charge is 0.216 e. The fraction of sp³-hybridized carbons (Fsp3) is 0.535. The Morgan fingerprint density at radius 2 is 0.646 bits per heavy atom. The highest BCUT2D eigenvalue weighted by Gasteiger charge is 2.16. The third-order valence-electron chi connectivity index (χ3n) is 24.8. The monoisotopic (exact) mass is 1960 g/mol. The molecule has 15 heteroatoms. The summed E-state index contributed by atoms with van der Waals surface area (Å²) in [4.78, 5) is 51.8. The lowest BCUT2D eigenvalue weighted by Gasteiger charge is -2.12. The van der Waals surface area contributed by atoms with Crippen molar-refractivity contribution in [2.75, 3.05) is 19.8 Å². The van der Waals surface area contributed by atoms with Gasteiger partial charge in [0.2, 0.25) is 17.6 Å². The molecule has 0 radical (unpaired) electrons. The second-order valence-corrected chi connectivity index (χ2v) is 40.6. The van der Waals surface area contributed by atoms with Gasteiger partial charge in [0.05, 0.1) is 19.8 Å². The molecule has 144 heavy (non-hydrogen) atoms. The molecule has 792 valence electrons. The average molecular weight is 1970 g/mol. The normalized spacial score (nSPS) is 10.6. The predicted octanol–water partition coefficient (Wildman–Crippen LogP) is 35.4. The van der Waals surface area contributed by atoms with Crippen molar-refractivity contribution in [3.05, 3.63) is 334 Å². The summed E-state index contributed by atoms with van der Waals surface area (Å²) in [5, 5.41) is 0. The molecule has 12 heterocycles. The van der Waals surface area contributed by atoms with E-state index < -0.39 is 0 Å². The highest BCUT2D eigenvalue weighted by Crippen LogP contribution is 2.30. The zero-order chi connectivity index (χ0) is 109. The lowest BCUT2D eigenvalue weighted by molar-refractivity contribution is 0.321. The van der Waals surface area contributed by atoms with Crippen molar-refractivity contribution in [1.29, 1.82) is 0 Å². The molecule has 0 atom stereocenters. The number of hydrogen-bond acceptors (Lipinski definition) is 15. The summed E-state index contributed by atoms with van der Waals surface area (Å²) in [6, 6.07) is 34.6.